The van der Waals surface area contributed by atoms with Crippen LogP contribution in [0.25, 0.3) is 0 Å². The lowest BCUT2D eigenvalue weighted by Crippen LogP contribution is -2.30. The third kappa shape index (κ3) is 5.27. The van der Waals surface area contributed by atoms with Gasteiger partial charge in [0.1, 0.15) is 5.82 Å². The van der Waals surface area contributed by atoms with Crippen molar-refractivity contribution in [2.24, 2.45) is 0 Å². The Hall–Kier alpha value is -1.42. The minimum absolute atomic E-state index is 0.122. The largest absolute Gasteiger partial charge is 0.466 e. The Morgan fingerprint density at radius 1 is 1.44 bits per heavy atom. The van der Waals surface area contributed by atoms with Crippen LogP contribution in [0.1, 0.15) is 25.8 Å². The van der Waals surface area contributed by atoms with Gasteiger partial charge in [-0.2, -0.15) is 0 Å². The van der Waals surface area contributed by atoms with Gasteiger partial charge in [-0.1, -0.05) is 18.2 Å². The van der Waals surface area contributed by atoms with Gasteiger partial charge < -0.3 is 10.1 Å². The van der Waals surface area contributed by atoms with Crippen molar-refractivity contribution in [3.05, 3.63) is 35.6 Å². The highest BCUT2D eigenvalue weighted by molar-refractivity contribution is 5.69. The molecule has 0 aliphatic rings. The molecule has 0 fully saturated rings. The van der Waals surface area contributed by atoms with Crippen LogP contribution in [0.4, 0.5) is 4.39 Å². The van der Waals surface area contributed by atoms with Crippen molar-refractivity contribution < 1.29 is 13.9 Å². The molecular formula is C14H20FNO2. The van der Waals surface area contributed by atoms with E-state index in [-0.39, 0.29) is 17.8 Å². The normalized spacial score (nSPS) is 12.2. The summed E-state index contributed by atoms with van der Waals surface area (Å²) in [6, 6.07) is 6.86. The van der Waals surface area contributed by atoms with Crippen LogP contribution in [-0.4, -0.2) is 25.2 Å². The van der Waals surface area contributed by atoms with Gasteiger partial charge in [-0.05, 0) is 31.9 Å². The maximum absolute atomic E-state index is 13.4. The highest BCUT2D eigenvalue weighted by atomic mass is 19.1. The van der Waals surface area contributed by atoms with Crippen molar-refractivity contribution >= 4 is 5.97 Å². The summed E-state index contributed by atoms with van der Waals surface area (Å²) in [7, 11) is 0. The Morgan fingerprint density at radius 3 is 2.83 bits per heavy atom. The average Bonchev–Trinajstić information content (AvgIpc) is 2.32. The zero-order chi connectivity index (χ0) is 13.4. The number of nitrogens with one attached hydrogen (secondary N) is 1. The average molecular weight is 253 g/mol. The maximum atomic E-state index is 13.4. The molecule has 1 aromatic rings. The molecule has 0 aliphatic carbocycles. The minimum atomic E-state index is -0.205. The summed E-state index contributed by atoms with van der Waals surface area (Å²) in [6.07, 6.45) is 0.949. The van der Waals surface area contributed by atoms with Crippen LogP contribution in [0.5, 0.6) is 0 Å². The van der Waals surface area contributed by atoms with Crippen molar-refractivity contribution in [1.82, 2.24) is 5.32 Å². The fourth-order valence-corrected chi connectivity index (χ4v) is 1.72. The Morgan fingerprint density at radius 2 is 2.17 bits per heavy atom. The van der Waals surface area contributed by atoms with E-state index in [1.54, 1.807) is 19.1 Å². The molecule has 18 heavy (non-hydrogen) atoms. The maximum Gasteiger partial charge on any atom is 0.307 e. The summed E-state index contributed by atoms with van der Waals surface area (Å²) in [6.45, 7) is 4.71. The van der Waals surface area contributed by atoms with Crippen LogP contribution in [0.15, 0.2) is 24.3 Å². The Labute approximate surface area is 107 Å². The van der Waals surface area contributed by atoms with E-state index < -0.39 is 0 Å². The second kappa shape index (κ2) is 7.82. The third-order valence-corrected chi connectivity index (χ3v) is 2.61. The van der Waals surface area contributed by atoms with E-state index in [0.717, 1.165) is 0 Å². The lowest BCUT2D eigenvalue weighted by atomic mass is 10.1. The fraction of sp³-hybridized carbons (Fsp3) is 0.500. The number of carbonyl (C=O) groups excluding carboxylic acids is 1. The van der Waals surface area contributed by atoms with Gasteiger partial charge in [0, 0.05) is 12.6 Å². The molecule has 1 aromatic carbocycles. The predicted molar refractivity (Wildman–Crippen MR) is 68.8 cm³/mol. The molecule has 0 amide bonds. The van der Waals surface area contributed by atoms with Gasteiger partial charge in [0.2, 0.25) is 0 Å². The minimum Gasteiger partial charge on any atom is -0.466 e. The summed E-state index contributed by atoms with van der Waals surface area (Å²) < 4.78 is 18.2. The SMILES string of the molecule is CCOC(=O)CCNC(C)Cc1ccccc1F. The molecule has 0 heterocycles. The molecule has 4 heteroatoms. The molecule has 1 unspecified atom stereocenters. The monoisotopic (exact) mass is 253 g/mol. The number of benzene rings is 1. The molecule has 0 saturated carbocycles. The molecule has 0 spiro atoms. The molecule has 0 aliphatic heterocycles. The van der Waals surface area contributed by atoms with Gasteiger partial charge in [-0.25, -0.2) is 4.39 Å². The van der Waals surface area contributed by atoms with Crippen molar-refractivity contribution in [3.8, 4) is 0 Å². The number of hydrogen-bond acceptors (Lipinski definition) is 3. The van der Waals surface area contributed by atoms with E-state index in [1.807, 2.05) is 13.0 Å². The van der Waals surface area contributed by atoms with Gasteiger partial charge in [0.15, 0.2) is 0 Å². The predicted octanol–water partition coefficient (Wildman–Crippen LogP) is 2.30. The lowest BCUT2D eigenvalue weighted by molar-refractivity contribution is -0.142. The van der Waals surface area contributed by atoms with Gasteiger partial charge in [-0.3, -0.25) is 4.79 Å². The van der Waals surface area contributed by atoms with Crippen LogP contribution in [0.3, 0.4) is 0 Å². The smallest absolute Gasteiger partial charge is 0.307 e. The zero-order valence-electron chi connectivity index (χ0n) is 10.9. The van der Waals surface area contributed by atoms with Crippen LogP contribution < -0.4 is 5.32 Å². The second-order valence-electron chi connectivity index (χ2n) is 4.21. The van der Waals surface area contributed by atoms with Gasteiger partial charge >= 0.3 is 5.97 Å². The Kier molecular flexibility index (Phi) is 6.36. The first-order valence-electron chi connectivity index (χ1n) is 6.26. The van der Waals surface area contributed by atoms with Crippen LogP contribution in [0.2, 0.25) is 0 Å². The van der Waals surface area contributed by atoms with Crippen LogP contribution in [0, 0.1) is 5.82 Å². The molecule has 3 nitrogen and oxygen atoms in total. The van der Waals surface area contributed by atoms with E-state index in [9.17, 15) is 9.18 Å². The van der Waals surface area contributed by atoms with E-state index in [2.05, 4.69) is 5.32 Å². The highest BCUT2D eigenvalue weighted by Crippen LogP contribution is 2.08. The molecular weight excluding hydrogens is 233 g/mol. The third-order valence-electron chi connectivity index (χ3n) is 2.61. The number of halogens is 1. The molecule has 1 rings (SSSR count). The lowest BCUT2D eigenvalue weighted by Gasteiger charge is -2.13. The molecule has 1 N–H and O–H groups in total. The number of hydrogen-bond donors (Lipinski definition) is 1. The fourth-order valence-electron chi connectivity index (χ4n) is 1.72. The van der Waals surface area contributed by atoms with E-state index in [1.165, 1.54) is 6.07 Å². The molecule has 0 aromatic heterocycles. The Bertz CT molecular complexity index is 382. The number of esters is 1. The molecule has 1 atom stereocenters. The van der Waals surface area contributed by atoms with Crippen molar-refractivity contribution in [1.29, 1.82) is 0 Å². The van der Waals surface area contributed by atoms with Crippen LogP contribution in [-0.2, 0) is 16.0 Å². The molecule has 0 radical (unpaired) electrons. The summed E-state index contributed by atoms with van der Waals surface area (Å²) in [4.78, 5) is 11.1. The summed E-state index contributed by atoms with van der Waals surface area (Å²) in [5, 5.41) is 3.18. The first-order valence-corrected chi connectivity index (χ1v) is 6.26. The molecule has 0 bridgehead atoms. The zero-order valence-corrected chi connectivity index (χ0v) is 10.9. The standard InChI is InChI=1S/C14H20FNO2/c1-3-18-14(17)8-9-16-11(2)10-12-6-4-5-7-13(12)15/h4-7,11,16H,3,8-10H2,1-2H3. The van der Waals surface area contributed by atoms with E-state index in [4.69, 9.17) is 4.74 Å². The van der Waals surface area contributed by atoms with Crippen molar-refractivity contribution in [2.45, 2.75) is 32.7 Å². The summed E-state index contributed by atoms with van der Waals surface area (Å²) in [5.41, 5.74) is 0.689. The topological polar surface area (TPSA) is 38.3 Å². The summed E-state index contributed by atoms with van der Waals surface area (Å²) >= 11 is 0. The van der Waals surface area contributed by atoms with Gasteiger partial charge in [0.05, 0.1) is 13.0 Å². The molecule has 100 valence electrons. The number of carbonyl (C=O) groups is 1. The Balaban J connectivity index is 2.28. The van der Waals surface area contributed by atoms with E-state index >= 15 is 0 Å². The van der Waals surface area contributed by atoms with Gasteiger partial charge in [-0.15, -0.1) is 0 Å². The second-order valence-corrected chi connectivity index (χ2v) is 4.21. The quantitative estimate of drug-likeness (QED) is 0.758. The first kappa shape index (κ1) is 14.6. The van der Waals surface area contributed by atoms with Crippen molar-refractivity contribution in [2.75, 3.05) is 13.2 Å². The number of ether oxygens (including phenoxy) is 1. The highest BCUT2D eigenvalue weighted by Gasteiger charge is 2.08. The first-order chi connectivity index (χ1) is 8.63. The van der Waals surface area contributed by atoms with Crippen molar-refractivity contribution in [3.63, 3.8) is 0 Å². The van der Waals surface area contributed by atoms with Gasteiger partial charge in [0.25, 0.3) is 0 Å². The molecule has 0 saturated heterocycles. The van der Waals surface area contributed by atoms with E-state index in [0.29, 0.717) is 31.6 Å². The number of rotatable bonds is 7. The van der Waals surface area contributed by atoms with Crippen LogP contribution >= 0.6 is 0 Å². The summed E-state index contributed by atoms with van der Waals surface area (Å²) in [5.74, 6) is -0.389.